The lowest BCUT2D eigenvalue weighted by Gasteiger charge is -2.09. The highest BCUT2D eigenvalue weighted by atomic mass is 79.9. The lowest BCUT2D eigenvalue weighted by molar-refractivity contribution is 1.02. The summed E-state index contributed by atoms with van der Waals surface area (Å²) in [5.74, 6) is 0. The molecule has 0 aliphatic heterocycles. The predicted octanol–water partition coefficient (Wildman–Crippen LogP) is 4.63. The maximum atomic E-state index is 8.80. The molecule has 0 saturated heterocycles. The number of anilines is 1. The Morgan fingerprint density at radius 1 is 1.16 bits per heavy atom. The molecule has 19 heavy (non-hydrogen) atoms. The molecule has 2 aromatic carbocycles. The van der Waals surface area contributed by atoms with E-state index in [4.69, 9.17) is 16.9 Å². The van der Waals surface area contributed by atoms with Gasteiger partial charge in [-0.05, 0) is 58.2 Å². The zero-order chi connectivity index (χ0) is 13.7. The van der Waals surface area contributed by atoms with Crippen molar-refractivity contribution in [2.75, 3.05) is 11.9 Å². The first kappa shape index (κ1) is 13.9. The number of nitrogens with one attached hydrogen (secondary N) is 1. The van der Waals surface area contributed by atoms with Crippen LogP contribution in [0.2, 0.25) is 5.02 Å². The monoisotopic (exact) mass is 334 g/mol. The number of benzene rings is 2. The molecule has 0 radical (unpaired) electrons. The van der Waals surface area contributed by atoms with Crippen molar-refractivity contribution in [1.82, 2.24) is 0 Å². The van der Waals surface area contributed by atoms with Gasteiger partial charge >= 0.3 is 0 Å². The molecule has 0 unspecified atom stereocenters. The van der Waals surface area contributed by atoms with E-state index in [1.165, 1.54) is 5.56 Å². The summed E-state index contributed by atoms with van der Waals surface area (Å²) in [6, 6.07) is 15.5. The highest BCUT2D eigenvalue weighted by Crippen LogP contribution is 2.23. The first-order valence-corrected chi connectivity index (χ1v) is 7.04. The molecule has 96 valence electrons. The molecule has 0 aliphatic rings. The van der Waals surface area contributed by atoms with Crippen LogP contribution < -0.4 is 5.32 Å². The minimum absolute atomic E-state index is 0.648. The molecule has 0 atom stereocenters. The third kappa shape index (κ3) is 3.99. The first-order valence-electron chi connectivity index (χ1n) is 5.87. The Morgan fingerprint density at radius 3 is 2.53 bits per heavy atom. The fourth-order valence-electron chi connectivity index (χ4n) is 1.72. The molecule has 4 heteroatoms. The largest absolute Gasteiger partial charge is 0.384 e. The van der Waals surface area contributed by atoms with Crippen LogP contribution in [0.25, 0.3) is 0 Å². The van der Waals surface area contributed by atoms with Crippen molar-refractivity contribution in [3.63, 3.8) is 0 Å². The summed E-state index contributed by atoms with van der Waals surface area (Å²) >= 11 is 9.30. The minimum atomic E-state index is 0.648. The van der Waals surface area contributed by atoms with Crippen molar-refractivity contribution < 1.29 is 0 Å². The van der Waals surface area contributed by atoms with E-state index in [2.05, 4.69) is 27.3 Å². The van der Waals surface area contributed by atoms with Gasteiger partial charge in [-0.15, -0.1) is 0 Å². The van der Waals surface area contributed by atoms with Crippen molar-refractivity contribution >= 4 is 33.2 Å². The Labute approximate surface area is 126 Å². The molecule has 0 saturated carbocycles. The highest BCUT2D eigenvalue weighted by molar-refractivity contribution is 9.10. The average Bonchev–Trinajstić information content (AvgIpc) is 2.42. The fourth-order valence-corrected chi connectivity index (χ4v) is 2.37. The van der Waals surface area contributed by atoms with E-state index in [0.29, 0.717) is 5.56 Å². The van der Waals surface area contributed by atoms with Crippen molar-refractivity contribution in [2.24, 2.45) is 0 Å². The topological polar surface area (TPSA) is 35.8 Å². The Bertz CT molecular complexity index is 603. The summed E-state index contributed by atoms with van der Waals surface area (Å²) in [7, 11) is 0. The number of hydrogen-bond acceptors (Lipinski definition) is 2. The van der Waals surface area contributed by atoms with Crippen molar-refractivity contribution in [1.29, 1.82) is 5.26 Å². The maximum Gasteiger partial charge on any atom is 0.0992 e. The van der Waals surface area contributed by atoms with Crippen molar-refractivity contribution in [3.8, 4) is 6.07 Å². The van der Waals surface area contributed by atoms with Crippen LogP contribution in [0.15, 0.2) is 46.9 Å². The van der Waals surface area contributed by atoms with E-state index in [1.807, 2.05) is 36.4 Å². The third-order valence-electron chi connectivity index (χ3n) is 2.74. The molecule has 1 N–H and O–H groups in total. The summed E-state index contributed by atoms with van der Waals surface area (Å²) in [5.41, 5.74) is 2.88. The van der Waals surface area contributed by atoms with Gasteiger partial charge in [0, 0.05) is 21.7 Å². The SMILES string of the molecule is N#Cc1ccc(NCCc2ccc(Cl)cc2)c(Br)c1. The van der Waals surface area contributed by atoms with Crippen LogP contribution in [0.4, 0.5) is 5.69 Å². The number of nitriles is 1. The van der Waals surface area contributed by atoms with Gasteiger partial charge in [0.15, 0.2) is 0 Å². The number of halogens is 2. The van der Waals surface area contributed by atoms with Crippen LogP contribution >= 0.6 is 27.5 Å². The van der Waals surface area contributed by atoms with Gasteiger partial charge in [-0.1, -0.05) is 23.7 Å². The summed E-state index contributed by atoms with van der Waals surface area (Å²) in [5, 5.41) is 12.9. The van der Waals surface area contributed by atoms with Crippen LogP contribution in [0, 0.1) is 11.3 Å². The Hall–Kier alpha value is -1.50. The molecule has 0 bridgehead atoms. The first-order chi connectivity index (χ1) is 9.19. The second kappa shape index (κ2) is 6.60. The van der Waals surface area contributed by atoms with E-state index in [1.54, 1.807) is 6.07 Å². The van der Waals surface area contributed by atoms with E-state index < -0.39 is 0 Å². The highest BCUT2D eigenvalue weighted by Gasteiger charge is 2.01. The standard InChI is InChI=1S/C15H12BrClN2/c16-14-9-12(10-18)3-6-15(14)19-8-7-11-1-4-13(17)5-2-11/h1-6,9,19H,7-8H2. The van der Waals surface area contributed by atoms with Gasteiger partial charge in [0.2, 0.25) is 0 Å². The molecule has 2 rings (SSSR count). The van der Waals surface area contributed by atoms with Crippen molar-refractivity contribution in [3.05, 3.63) is 63.1 Å². The van der Waals surface area contributed by atoms with E-state index in [0.717, 1.165) is 28.1 Å². The summed E-state index contributed by atoms with van der Waals surface area (Å²) in [4.78, 5) is 0. The van der Waals surface area contributed by atoms with Crippen LogP contribution in [-0.4, -0.2) is 6.54 Å². The van der Waals surface area contributed by atoms with E-state index in [9.17, 15) is 0 Å². The zero-order valence-corrected chi connectivity index (χ0v) is 12.5. The van der Waals surface area contributed by atoms with Gasteiger partial charge in [-0.25, -0.2) is 0 Å². The lowest BCUT2D eigenvalue weighted by atomic mass is 10.1. The molecule has 0 fully saturated rings. The maximum absolute atomic E-state index is 8.80. The molecule has 0 spiro atoms. The van der Waals surface area contributed by atoms with Gasteiger partial charge in [0.25, 0.3) is 0 Å². The second-order valence-electron chi connectivity index (χ2n) is 4.11. The zero-order valence-electron chi connectivity index (χ0n) is 10.2. The number of hydrogen-bond donors (Lipinski definition) is 1. The predicted molar refractivity (Wildman–Crippen MR) is 82.5 cm³/mol. The van der Waals surface area contributed by atoms with Crippen LogP contribution in [0.3, 0.4) is 0 Å². The lowest BCUT2D eigenvalue weighted by Crippen LogP contribution is -2.05. The average molecular weight is 336 g/mol. The quantitative estimate of drug-likeness (QED) is 0.884. The summed E-state index contributed by atoms with van der Waals surface area (Å²) in [6.45, 7) is 0.826. The summed E-state index contributed by atoms with van der Waals surface area (Å²) in [6.07, 6.45) is 0.920. The Balaban J connectivity index is 1.92. The molecule has 2 aromatic rings. The number of rotatable bonds is 4. The smallest absolute Gasteiger partial charge is 0.0992 e. The number of nitrogens with zero attached hydrogens (tertiary/aromatic N) is 1. The Kier molecular flexibility index (Phi) is 4.84. The van der Waals surface area contributed by atoms with Gasteiger partial charge < -0.3 is 5.32 Å². The molecule has 0 aliphatic carbocycles. The summed E-state index contributed by atoms with van der Waals surface area (Å²) < 4.78 is 0.905. The van der Waals surface area contributed by atoms with E-state index in [-0.39, 0.29) is 0 Å². The van der Waals surface area contributed by atoms with Gasteiger partial charge in [0.1, 0.15) is 0 Å². The van der Waals surface area contributed by atoms with Gasteiger partial charge in [-0.3, -0.25) is 0 Å². The van der Waals surface area contributed by atoms with Gasteiger partial charge in [-0.2, -0.15) is 5.26 Å². The normalized spacial score (nSPS) is 9.95. The van der Waals surface area contributed by atoms with E-state index >= 15 is 0 Å². The molecular weight excluding hydrogens is 324 g/mol. The van der Waals surface area contributed by atoms with Crippen LogP contribution in [0.5, 0.6) is 0 Å². The van der Waals surface area contributed by atoms with Gasteiger partial charge in [0.05, 0.1) is 11.6 Å². The van der Waals surface area contributed by atoms with Crippen LogP contribution in [0.1, 0.15) is 11.1 Å². The third-order valence-corrected chi connectivity index (χ3v) is 3.65. The molecular formula is C15H12BrClN2. The van der Waals surface area contributed by atoms with Crippen LogP contribution in [-0.2, 0) is 6.42 Å². The molecule has 2 nitrogen and oxygen atoms in total. The fraction of sp³-hybridized carbons (Fsp3) is 0.133. The molecule has 0 aromatic heterocycles. The second-order valence-corrected chi connectivity index (χ2v) is 5.40. The van der Waals surface area contributed by atoms with Crippen molar-refractivity contribution in [2.45, 2.75) is 6.42 Å². The minimum Gasteiger partial charge on any atom is -0.384 e. The molecule has 0 heterocycles. The Morgan fingerprint density at radius 2 is 1.89 bits per heavy atom. The molecule has 0 amide bonds.